The summed E-state index contributed by atoms with van der Waals surface area (Å²) in [4.78, 5) is 8.96. The van der Waals surface area contributed by atoms with E-state index in [2.05, 4.69) is 21.5 Å². The minimum Gasteiger partial charge on any atom is -0.271 e. The molecule has 106 valence electrons. The van der Waals surface area contributed by atoms with Gasteiger partial charge in [0.1, 0.15) is 0 Å². The first kappa shape index (κ1) is 13.7. The smallest absolute Gasteiger partial charge is 0.0704 e. The quantitative estimate of drug-likeness (QED) is 0.569. The first-order valence-corrected chi connectivity index (χ1v) is 7.00. The van der Waals surface area contributed by atoms with E-state index in [9.17, 15) is 0 Å². The van der Waals surface area contributed by atoms with Gasteiger partial charge in [-0.3, -0.25) is 21.2 Å². The van der Waals surface area contributed by atoms with Gasteiger partial charge in [-0.15, -0.1) is 0 Å². The number of para-hydroxylation sites is 1. The Kier molecular flexibility index (Phi) is 3.90. The molecule has 4 heteroatoms. The van der Waals surface area contributed by atoms with E-state index in [1.807, 2.05) is 55.6 Å². The molecule has 0 bridgehead atoms. The lowest BCUT2D eigenvalue weighted by atomic mass is 10.00. The average molecular weight is 278 g/mol. The van der Waals surface area contributed by atoms with Crippen molar-refractivity contribution in [2.45, 2.75) is 19.4 Å². The maximum Gasteiger partial charge on any atom is 0.0704 e. The highest BCUT2D eigenvalue weighted by molar-refractivity contribution is 5.81. The number of hydrogen-bond donors (Lipinski definition) is 2. The van der Waals surface area contributed by atoms with Crippen molar-refractivity contribution in [3.8, 4) is 0 Å². The molecule has 3 N–H and O–H groups in total. The first-order valence-electron chi connectivity index (χ1n) is 7.00. The van der Waals surface area contributed by atoms with Crippen molar-refractivity contribution in [1.29, 1.82) is 0 Å². The van der Waals surface area contributed by atoms with Gasteiger partial charge in [-0.25, -0.2) is 0 Å². The number of nitrogens with zero attached hydrogens (tertiary/aromatic N) is 2. The second-order valence-corrected chi connectivity index (χ2v) is 5.11. The number of fused-ring (bicyclic) bond motifs is 1. The molecule has 2 aromatic heterocycles. The Morgan fingerprint density at radius 2 is 1.95 bits per heavy atom. The van der Waals surface area contributed by atoms with E-state index in [4.69, 9.17) is 5.84 Å². The molecule has 3 aromatic rings. The van der Waals surface area contributed by atoms with Crippen molar-refractivity contribution in [2.75, 3.05) is 0 Å². The van der Waals surface area contributed by atoms with Crippen LogP contribution in [-0.2, 0) is 6.42 Å². The molecule has 0 aliphatic rings. The molecule has 1 atom stereocenters. The third-order valence-electron chi connectivity index (χ3n) is 3.63. The number of nitrogens with two attached hydrogens (primary N) is 1. The third-order valence-corrected chi connectivity index (χ3v) is 3.63. The lowest BCUT2D eigenvalue weighted by Crippen LogP contribution is -2.30. The number of benzene rings is 1. The van der Waals surface area contributed by atoms with Gasteiger partial charge in [-0.2, -0.15) is 0 Å². The van der Waals surface area contributed by atoms with Crippen molar-refractivity contribution in [3.05, 3.63) is 71.7 Å². The summed E-state index contributed by atoms with van der Waals surface area (Å²) in [5, 5.41) is 1.16. The second kappa shape index (κ2) is 5.99. The predicted octanol–water partition coefficient (Wildman–Crippen LogP) is 2.69. The number of aromatic nitrogens is 2. The van der Waals surface area contributed by atoms with Gasteiger partial charge in [0.05, 0.1) is 17.3 Å². The summed E-state index contributed by atoms with van der Waals surface area (Å²) in [6.45, 7) is 1.99. The zero-order chi connectivity index (χ0) is 14.7. The fourth-order valence-corrected chi connectivity index (χ4v) is 2.56. The Bertz CT molecular complexity index is 749. The Morgan fingerprint density at radius 3 is 2.76 bits per heavy atom. The highest BCUT2D eigenvalue weighted by Crippen LogP contribution is 2.22. The van der Waals surface area contributed by atoms with Crippen LogP contribution in [0.25, 0.3) is 10.9 Å². The Hall–Kier alpha value is -2.30. The summed E-state index contributed by atoms with van der Waals surface area (Å²) < 4.78 is 0. The minimum absolute atomic E-state index is 0.0179. The van der Waals surface area contributed by atoms with Gasteiger partial charge in [-0.05, 0) is 43.2 Å². The van der Waals surface area contributed by atoms with Crippen LogP contribution in [0.2, 0.25) is 0 Å². The van der Waals surface area contributed by atoms with Gasteiger partial charge in [0.25, 0.3) is 0 Å². The van der Waals surface area contributed by atoms with Crippen LogP contribution in [0.4, 0.5) is 0 Å². The van der Waals surface area contributed by atoms with E-state index in [1.54, 1.807) is 0 Å². The Balaban J connectivity index is 1.96. The van der Waals surface area contributed by atoms with Crippen molar-refractivity contribution in [1.82, 2.24) is 15.4 Å². The molecule has 1 unspecified atom stereocenters. The van der Waals surface area contributed by atoms with Crippen LogP contribution in [0, 0.1) is 6.92 Å². The fourth-order valence-electron chi connectivity index (χ4n) is 2.56. The zero-order valence-electron chi connectivity index (χ0n) is 12.0. The molecule has 1 aromatic carbocycles. The summed E-state index contributed by atoms with van der Waals surface area (Å²) in [5.74, 6) is 5.74. The van der Waals surface area contributed by atoms with Crippen LogP contribution in [0.3, 0.4) is 0 Å². The van der Waals surface area contributed by atoms with Crippen LogP contribution >= 0.6 is 0 Å². The molecule has 0 radical (unpaired) electrons. The summed E-state index contributed by atoms with van der Waals surface area (Å²) in [7, 11) is 0. The van der Waals surface area contributed by atoms with Crippen molar-refractivity contribution >= 4 is 10.9 Å². The SMILES string of the molecule is Cc1cccc(C(Cc2ccnc3ccccc23)NN)n1. The zero-order valence-corrected chi connectivity index (χ0v) is 12.0. The van der Waals surface area contributed by atoms with Gasteiger partial charge in [0.15, 0.2) is 0 Å². The van der Waals surface area contributed by atoms with Gasteiger partial charge in [0.2, 0.25) is 0 Å². The van der Waals surface area contributed by atoms with E-state index < -0.39 is 0 Å². The summed E-state index contributed by atoms with van der Waals surface area (Å²) >= 11 is 0. The summed E-state index contributed by atoms with van der Waals surface area (Å²) in [6.07, 6.45) is 2.62. The number of nitrogens with one attached hydrogen (secondary N) is 1. The van der Waals surface area contributed by atoms with E-state index in [0.29, 0.717) is 0 Å². The largest absolute Gasteiger partial charge is 0.271 e. The fraction of sp³-hybridized carbons (Fsp3) is 0.176. The van der Waals surface area contributed by atoms with Crippen LogP contribution in [0.15, 0.2) is 54.7 Å². The lowest BCUT2D eigenvalue weighted by Gasteiger charge is -2.17. The maximum atomic E-state index is 5.74. The monoisotopic (exact) mass is 278 g/mol. The Morgan fingerprint density at radius 1 is 1.10 bits per heavy atom. The minimum atomic E-state index is -0.0179. The predicted molar refractivity (Wildman–Crippen MR) is 84.5 cm³/mol. The maximum absolute atomic E-state index is 5.74. The van der Waals surface area contributed by atoms with E-state index in [0.717, 1.165) is 28.7 Å². The van der Waals surface area contributed by atoms with Crippen LogP contribution < -0.4 is 11.3 Å². The molecule has 2 heterocycles. The molecule has 21 heavy (non-hydrogen) atoms. The van der Waals surface area contributed by atoms with Gasteiger partial charge in [-0.1, -0.05) is 24.3 Å². The normalized spacial score (nSPS) is 12.5. The lowest BCUT2D eigenvalue weighted by molar-refractivity contribution is 0.538. The highest BCUT2D eigenvalue weighted by Gasteiger charge is 2.14. The second-order valence-electron chi connectivity index (χ2n) is 5.11. The first-order chi connectivity index (χ1) is 10.3. The van der Waals surface area contributed by atoms with Crippen LogP contribution in [0.1, 0.15) is 23.0 Å². The molecule has 3 rings (SSSR count). The number of rotatable bonds is 4. The molecule has 4 nitrogen and oxygen atoms in total. The molecule has 0 spiro atoms. The summed E-state index contributed by atoms with van der Waals surface area (Å²) in [5.41, 5.74) is 7.04. The Labute approximate surface area is 124 Å². The molecule has 0 saturated heterocycles. The van der Waals surface area contributed by atoms with E-state index >= 15 is 0 Å². The third kappa shape index (κ3) is 2.91. The van der Waals surface area contributed by atoms with E-state index in [-0.39, 0.29) is 6.04 Å². The van der Waals surface area contributed by atoms with Crippen LogP contribution in [0.5, 0.6) is 0 Å². The van der Waals surface area contributed by atoms with E-state index in [1.165, 1.54) is 5.56 Å². The molecule has 0 aliphatic carbocycles. The van der Waals surface area contributed by atoms with Gasteiger partial charge >= 0.3 is 0 Å². The summed E-state index contributed by atoms with van der Waals surface area (Å²) in [6, 6.07) is 16.2. The number of pyridine rings is 2. The highest BCUT2D eigenvalue weighted by atomic mass is 15.2. The number of aryl methyl sites for hydroxylation is 1. The van der Waals surface area contributed by atoms with Crippen molar-refractivity contribution in [3.63, 3.8) is 0 Å². The van der Waals surface area contributed by atoms with Gasteiger partial charge < -0.3 is 0 Å². The molecule has 0 aliphatic heterocycles. The average Bonchev–Trinajstić information content (AvgIpc) is 2.52. The molecule has 0 fully saturated rings. The molecular formula is C17H18N4. The van der Waals surface area contributed by atoms with Gasteiger partial charge in [0, 0.05) is 17.3 Å². The molecule has 0 amide bonds. The van der Waals surface area contributed by atoms with Crippen molar-refractivity contribution < 1.29 is 0 Å². The molecule has 0 saturated carbocycles. The number of hydrazine groups is 1. The topological polar surface area (TPSA) is 63.8 Å². The van der Waals surface area contributed by atoms with Crippen LogP contribution in [-0.4, -0.2) is 9.97 Å². The van der Waals surface area contributed by atoms with Crippen molar-refractivity contribution in [2.24, 2.45) is 5.84 Å². The molecular weight excluding hydrogens is 260 g/mol. The number of hydrogen-bond acceptors (Lipinski definition) is 4. The standard InChI is InChI=1S/C17H18N4/c1-12-5-4-8-16(20-12)17(21-18)11-13-9-10-19-15-7-3-2-6-14(13)15/h2-10,17,21H,11,18H2,1H3.